The standard InChI is InChI=1S/C15H21FN4OS/c1-2-17-15(22)20-9-7-19(8-10-20)11-14(21)18-13-5-3-12(16)4-6-13/h3-6H,2,7-11H2,1H3,(H,17,22)(H,18,21)/p+1. The normalized spacial score (nSPS) is 15.5. The molecule has 0 unspecified atom stereocenters. The highest BCUT2D eigenvalue weighted by Crippen LogP contribution is 2.07. The summed E-state index contributed by atoms with van der Waals surface area (Å²) in [4.78, 5) is 15.4. The number of halogens is 1. The first kappa shape index (κ1) is 16.6. The molecular formula is C15H22FN4OS+. The minimum Gasteiger partial charge on any atom is -0.363 e. The van der Waals surface area contributed by atoms with Crippen LogP contribution in [0.15, 0.2) is 24.3 Å². The third-order valence-corrected chi connectivity index (χ3v) is 4.03. The Kier molecular flexibility index (Phi) is 6.09. The predicted octanol–water partition coefficient (Wildman–Crippen LogP) is -0.141. The van der Waals surface area contributed by atoms with Crippen LogP contribution in [0.4, 0.5) is 10.1 Å². The van der Waals surface area contributed by atoms with Gasteiger partial charge in [0.25, 0.3) is 5.91 Å². The molecule has 1 amide bonds. The van der Waals surface area contributed by atoms with Gasteiger partial charge in [-0.05, 0) is 43.4 Å². The summed E-state index contributed by atoms with van der Waals surface area (Å²) >= 11 is 5.29. The number of amides is 1. The predicted molar refractivity (Wildman–Crippen MR) is 88.4 cm³/mol. The lowest BCUT2D eigenvalue weighted by molar-refractivity contribution is -0.895. The van der Waals surface area contributed by atoms with E-state index in [0.717, 1.165) is 37.8 Å². The van der Waals surface area contributed by atoms with Gasteiger partial charge in [0.05, 0.1) is 26.2 Å². The number of thiocarbonyl (C=S) groups is 1. The van der Waals surface area contributed by atoms with E-state index in [1.807, 2.05) is 6.92 Å². The largest absolute Gasteiger partial charge is 0.363 e. The summed E-state index contributed by atoms with van der Waals surface area (Å²) in [5, 5.41) is 6.73. The van der Waals surface area contributed by atoms with E-state index in [4.69, 9.17) is 12.2 Å². The van der Waals surface area contributed by atoms with Gasteiger partial charge >= 0.3 is 0 Å². The lowest BCUT2D eigenvalue weighted by atomic mass is 10.3. The molecule has 0 aliphatic carbocycles. The van der Waals surface area contributed by atoms with Crippen LogP contribution < -0.4 is 15.5 Å². The van der Waals surface area contributed by atoms with E-state index in [2.05, 4.69) is 15.5 Å². The van der Waals surface area contributed by atoms with Crippen molar-refractivity contribution in [3.05, 3.63) is 30.1 Å². The molecule has 120 valence electrons. The van der Waals surface area contributed by atoms with Crippen molar-refractivity contribution in [3.8, 4) is 0 Å². The fourth-order valence-corrected chi connectivity index (χ4v) is 2.76. The Hall–Kier alpha value is -1.73. The minimum atomic E-state index is -0.309. The van der Waals surface area contributed by atoms with Crippen LogP contribution >= 0.6 is 12.2 Å². The molecule has 1 aromatic rings. The Balaban J connectivity index is 1.74. The van der Waals surface area contributed by atoms with E-state index < -0.39 is 0 Å². The van der Waals surface area contributed by atoms with Gasteiger partial charge in [-0.2, -0.15) is 0 Å². The fourth-order valence-electron chi connectivity index (χ4n) is 2.43. The molecule has 3 N–H and O–H groups in total. The van der Waals surface area contributed by atoms with Crippen molar-refractivity contribution in [3.63, 3.8) is 0 Å². The summed E-state index contributed by atoms with van der Waals surface area (Å²) in [6.45, 7) is 6.72. The highest BCUT2D eigenvalue weighted by atomic mass is 32.1. The minimum absolute atomic E-state index is 0.0516. The molecule has 0 aromatic heterocycles. The summed E-state index contributed by atoms with van der Waals surface area (Å²) in [7, 11) is 0. The summed E-state index contributed by atoms with van der Waals surface area (Å²) < 4.78 is 12.8. The Morgan fingerprint density at radius 2 is 1.95 bits per heavy atom. The first-order chi connectivity index (χ1) is 10.6. The summed E-state index contributed by atoms with van der Waals surface area (Å²) in [5.41, 5.74) is 0.623. The van der Waals surface area contributed by atoms with Gasteiger partial charge in [-0.25, -0.2) is 4.39 Å². The molecule has 0 atom stereocenters. The molecule has 1 saturated heterocycles. The van der Waals surface area contributed by atoms with Crippen LogP contribution in [0, 0.1) is 5.82 Å². The second-order valence-electron chi connectivity index (χ2n) is 5.30. The molecular weight excluding hydrogens is 303 g/mol. The summed E-state index contributed by atoms with van der Waals surface area (Å²) in [5.74, 6) is -0.360. The van der Waals surface area contributed by atoms with Gasteiger partial charge in [0, 0.05) is 12.2 Å². The van der Waals surface area contributed by atoms with Gasteiger partial charge < -0.3 is 20.4 Å². The molecule has 2 rings (SSSR count). The quantitative estimate of drug-likeness (QED) is 0.675. The Labute approximate surface area is 135 Å². The summed E-state index contributed by atoms with van der Waals surface area (Å²) in [6, 6.07) is 5.80. The topological polar surface area (TPSA) is 48.8 Å². The van der Waals surface area contributed by atoms with E-state index >= 15 is 0 Å². The average Bonchev–Trinajstić information content (AvgIpc) is 2.50. The summed E-state index contributed by atoms with van der Waals surface area (Å²) in [6.07, 6.45) is 0. The number of quaternary nitrogens is 1. The van der Waals surface area contributed by atoms with Gasteiger partial charge in [0.1, 0.15) is 5.82 Å². The molecule has 1 heterocycles. The Bertz CT molecular complexity index is 515. The monoisotopic (exact) mass is 325 g/mol. The highest BCUT2D eigenvalue weighted by molar-refractivity contribution is 7.80. The molecule has 1 aliphatic rings. The number of nitrogens with zero attached hydrogens (tertiary/aromatic N) is 1. The van der Waals surface area contributed by atoms with Gasteiger partial charge in [-0.1, -0.05) is 0 Å². The molecule has 0 saturated carbocycles. The lowest BCUT2D eigenvalue weighted by Crippen LogP contribution is -3.15. The van der Waals surface area contributed by atoms with Crippen LogP contribution in [0.25, 0.3) is 0 Å². The SMILES string of the molecule is CCNC(=S)N1CC[NH+](CC(=O)Nc2ccc(F)cc2)CC1. The second-order valence-corrected chi connectivity index (χ2v) is 5.69. The molecule has 1 fully saturated rings. The highest BCUT2D eigenvalue weighted by Gasteiger charge is 2.23. The van der Waals surface area contributed by atoms with Crippen LogP contribution in [-0.2, 0) is 4.79 Å². The van der Waals surface area contributed by atoms with Crippen molar-refractivity contribution in [1.82, 2.24) is 10.2 Å². The molecule has 5 nitrogen and oxygen atoms in total. The number of carbonyl (C=O) groups excluding carboxylic acids is 1. The van der Waals surface area contributed by atoms with E-state index in [9.17, 15) is 9.18 Å². The third-order valence-electron chi connectivity index (χ3n) is 3.62. The molecule has 0 bridgehead atoms. The number of anilines is 1. The maximum Gasteiger partial charge on any atom is 0.279 e. The van der Waals surface area contributed by atoms with E-state index in [-0.39, 0.29) is 11.7 Å². The van der Waals surface area contributed by atoms with Crippen molar-refractivity contribution < 1.29 is 14.1 Å². The van der Waals surface area contributed by atoms with Crippen molar-refractivity contribution >= 4 is 28.9 Å². The lowest BCUT2D eigenvalue weighted by Gasteiger charge is -2.33. The smallest absolute Gasteiger partial charge is 0.279 e. The zero-order chi connectivity index (χ0) is 15.9. The molecule has 0 radical (unpaired) electrons. The zero-order valence-corrected chi connectivity index (χ0v) is 13.5. The van der Waals surface area contributed by atoms with Gasteiger partial charge in [0.15, 0.2) is 11.7 Å². The van der Waals surface area contributed by atoms with E-state index in [0.29, 0.717) is 12.2 Å². The van der Waals surface area contributed by atoms with Crippen LogP contribution in [0.1, 0.15) is 6.92 Å². The van der Waals surface area contributed by atoms with Gasteiger partial charge in [0.2, 0.25) is 0 Å². The second kappa shape index (κ2) is 8.05. The van der Waals surface area contributed by atoms with Crippen molar-refractivity contribution in [2.24, 2.45) is 0 Å². The molecule has 1 aromatic carbocycles. The number of nitrogens with one attached hydrogen (secondary N) is 3. The first-order valence-corrected chi connectivity index (χ1v) is 7.91. The maximum atomic E-state index is 12.8. The first-order valence-electron chi connectivity index (χ1n) is 7.50. The number of benzene rings is 1. The van der Waals surface area contributed by atoms with Gasteiger partial charge in [-0.3, -0.25) is 4.79 Å². The maximum absolute atomic E-state index is 12.8. The number of hydrogen-bond donors (Lipinski definition) is 3. The van der Waals surface area contributed by atoms with Crippen LogP contribution in [0.5, 0.6) is 0 Å². The van der Waals surface area contributed by atoms with E-state index in [1.54, 1.807) is 12.1 Å². The van der Waals surface area contributed by atoms with Crippen LogP contribution in [-0.4, -0.2) is 55.2 Å². The zero-order valence-electron chi connectivity index (χ0n) is 12.7. The number of piperazine rings is 1. The number of rotatable bonds is 4. The fraction of sp³-hybridized carbons (Fsp3) is 0.467. The molecule has 7 heteroatoms. The Morgan fingerprint density at radius 3 is 2.55 bits per heavy atom. The number of carbonyl (C=O) groups is 1. The van der Waals surface area contributed by atoms with Crippen molar-refractivity contribution in [2.45, 2.75) is 6.92 Å². The van der Waals surface area contributed by atoms with Crippen LogP contribution in [0.3, 0.4) is 0 Å². The molecule has 22 heavy (non-hydrogen) atoms. The molecule has 0 spiro atoms. The van der Waals surface area contributed by atoms with Crippen molar-refractivity contribution in [1.29, 1.82) is 0 Å². The Morgan fingerprint density at radius 1 is 1.32 bits per heavy atom. The third kappa shape index (κ3) is 4.92. The average molecular weight is 325 g/mol. The van der Waals surface area contributed by atoms with Gasteiger partial charge in [-0.15, -0.1) is 0 Å². The molecule has 1 aliphatic heterocycles. The van der Waals surface area contributed by atoms with E-state index in [1.165, 1.54) is 17.0 Å². The number of hydrogen-bond acceptors (Lipinski definition) is 2. The van der Waals surface area contributed by atoms with Crippen LogP contribution in [0.2, 0.25) is 0 Å². The van der Waals surface area contributed by atoms with Crippen molar-refractivity contribution in [2.75, 3.05) is 44.6 Å².